The highest BCUT2D eigenvalue weighted by Gasteiger charge is 2.19. The first-order valence-corrected chi connectivity index (χ1v) is 7.27. The second kappa shape index (κ2) is 5.08. The van der Waals surface area contributed by atoms with Crippen LogP contribution >= 0.6 is 23.4 Å². The van der Waals surface area contributed by atoms with Gasteiger partial charge < -0.3 is 9.84 Å². The van der Waals surface area contributed by atoms with E-state index in [-0.39, 0.29) is 12.5 Å². The number of ether oxygens (including phenoxy) is 1. The number of rotatable bonds is 2. The fourth-order valence-corrected chi connectivity index (χ4v) is 3.26. The van der Waals surface area contributed by atoms with Crippen LogP contribution in [0.25, 0.3) is 0 Å². The molecule has 0 spiro atoms. The maximum atomic E-state index is 9.23. The first-order valence-electron chi connectivity index (χ1n) is 6.07. The highest BCUT2D eigenvalue weighted by Crippen LogP contribution is 2.48. The molecule has 1 aliphatic rings. The Balaban J connectivity index is 1.98. The normalized spacial score (nSPS) is 14.3. The maximum Gasteiger partial charge on any atom is 0.141 e. The van der Waals surface area contributed by atoms with Crippen LogP contribution in [-0.4, -0.2) is 11.7 Å². The summed E-state index contributed by atoms with van der Waals surface area (Å²) in [5, 5.41) is 9.94. The molecular formula is C15H13ClO2S. The van der Waals surface area contributed by atoms with Gasteiger partial charge in [0.25, 0.3) is 0 Å². The van der Waals surface area contributed by atoms with E-state index >= 15 is 0 Å². The molecule has 1 heterocycles. The Morgan fingerprint density at radius 3 is 2.58 bits per heavy atom. The number of halogens is 1. The lowest BCUT2D eigenvalue weighted by Gasteiger charge is -2.21. The molecule has 0 amide bonds. The van der Waals surface area contributed by atoms with Crippen LogP contribution in [0.3, 0.4) is 0 Å². The molecule has 1 atom stereocenters. The first kappa shape index (κ1) is 12.9. The standard InChI is InChI=1S/C15H13ClO2S/c1-9(8-17)10-2-4-12-14(6-10)19-15-7-11(16)3-5-13(15)18-12/h2-7,9,17H,8H2,1H3. The highest BCUT2D eigenvalue weighted by molar-refractivity contribution is 7.99. The monoisotopic (exact) mass is 292 g/mol. The zero-order valence-corrected chi connectivity index (χ0v) is 12.0. The number of aliphatic hydroxyl groups is 1. The summed E-state index contributed by atoms with van der Waals surface area (Å²) >= 11 is 7.65. The highest BCUT2D eigenvalue weighted by atomic mass is 35.5. The van der Waals surface area contributed by atoms with E-state index in [1.807, 2.05) is 37.3 Å². The van der Waals surface area contributed by atoms with Gasteiger partial charge in [0.05, 0.1) is 9.79 Å². The van der Waals surface area contributed by atoms with Gasteiger partial charge in [-0.3, -0.25) is 0 Å². The molecular weight excluding hydrogens is 280 g/mol. The third kappa shape index (κ3) is 2.46. The van der Waals surface area contributed by atoms with E-state index in [2.05, 4.69) is 6.07 Å². The van der Waals surface area contributed by atoms with Crippen molar-refractivity contribution in [2.24, 2.45) is 0 Å². The van der Waals surface area contributed by atoms with Crippen molar-refractivity contribution in [1.29, 1.82) is 0 Å². The Labute approximate surface area is 121 Å². The molecule has 2 aromatic rings. The van der Waals surface area contributed by atoms with Gasteiger partial charge in [0.1, 0.15) is 11.5 Å². The van der Waals surface area contributed by atoms with Crippen molar-refractivity contribution >= 4 is 23.4 Å². The Bertz CT molecular complexity index is 628. The molecule has 0 saturated heterocycles. The maximum absolute atomic E-state index is 9.23. The van der Waals surface area contributed by atoms with Gasteiger partial charge in [-0.05, 0) is 35.9 Å². The van der Waals surface area contributed by atoms with Crippen molar-refractivity contribution in [2.45, 2.75) is 22.6 Å². The second-order valence-corrected chi connectivity index (χ2v) is 6.11. The molecule has 2 nitrogen and oxygen atoms in total. The molecule has 0 bridgehead atoms. The summed E-state index contributed by atoms with van der Waals surface area (Å²) in [6.45, 7) is 2.15. The van der Waals surface area contributed by atoms with E-state index in [0.717, 1.165) is 26.9 Å². The molecule has 0 aromatic heterocycles. The van der Waals surface area contributed by atoms with Crippen LogP contribution in [0, 0.1) is 0 Å². The quantitative estimate of drug-likeness (QED) is 0.743. The summed E-state index contributed by atoms with van der Waals surface area (Å²) in [6.07, 6.45) is 0. The van der Waals surface area contributed by atoms with Crippen LogP contribution in [0.4, 0.5) is 0 Å². The van der Waals surface area contributed by atoms with Crippen LogP contribution in [0.5, 0.6) is 11.5 Å². The lowest BCUT2D eigenvalue weighted by atomic mass is 10.0. The van der Waals surface area contributed by atoms with Gasteiger partial charge in [-0.25, -0.2) is 0 Å². The van der Waals surface area contributed by atoms with Gasteiger partial charge in [0, 0.05) is 17.5 Å². The second-order valence-electron chi connectivity index (χ2n) is 4.58. The van der Waals surface area contributed by atoms with E-state index in [0.29, 0.717) is 5.02 Å². The number of aliphatic hydroxyl groups excluding tert-OH is 1. The van der Waals surface area contributed by atoms with Gasteiger partial charge >= 0.3 is 0 Å². The van der Waals surface area contributed by atoms with Crippen LogP contribution in [0.15, 0.2) is 46.2 Å². The van der Waals surface area contributed by atoms with Gasteiger partial charge in [0.15, 0.2) is 0 Å². The first-order chi connectivity index (χ1) is 9.17. The topological polar surface area (TPSA) is 29.5 Å². The Morgan fingerprint density at radius 1 is 1.16 bits per heavy atom. The smallest absolute Gasteiger partial charge is 0.141 e. The van der Waals surface area contributed by atoms with E-state index in [1.54, 1.807) is 11.8 Å². The summed E-state index contributed by atoms with van der Waals surface area (Å²) in [5.74, 6) is 1.82. The summed E-state index contributed by atoms with van der Waals surface area (Å²) in [7, 11) is 0. The van der Waals surface area contributed by atoms with E-state index < -0.39 is 0 Å². The number of fused-ring (bicyclic) bond motifs is 2. The van der Waals surface area contributed by atoms with E-state index in [9.17, 15) is 5.11 Å². The van der Waals surface area contributed by atoms with Crippen molar-refractivity contribution < 1.29 is 9.84 Å². The molecule has 0 fully saturated rings. The van der Waals surface area contributed by atoms with Crippen molar-refractivity contribution in [3.63, 3.8) is 0 Å². The number of hydrogen-bond acceptors (Lipinski definition) is 3. The van der Waals surface area contributed by atoms with Crippen LogP contribution in [-0.2, 0) is 0 Å². The third-order valence-electron chi connectivity index (χ3n) is 3.16. The van der Waals surface area contributed by atoms with E-state index in [4.69, 9.17) is 16.3 Å². The molecule has 0 radical (unpaired) electrons. The third-order valence-corrected chi connectivity index (χ3v) is 4.47. The van der Waals surface area contributed by atoms with Crippen molar-refractivity contribution in [2.75, 3.05) is 6.61 Å². The molecule has 1 aliphatic heterocycles. The van der Waals surface area contributed by atoms with Crippen LogP contribution < -0.4 is 4.74 Å². The van der Waals surface area contributed by atoms with Crippen molar-refractivity contribution in [3.8, 4) is 11.5 Å². The molecule has 98 valence electrons. The lowest BCUT2D eigenvalue weighted by molar-refractivity contribution is 0.273. The zero-order valence-electron chi connectivity index (χ0n) is 10.4. The fourth-order valence-electron chi connectivity index (χ4n) is 1.98. The SMILES string of the molecule is CC(CO)c1ccc2c(c1)Sc1cc(Cl)ccc1O2. The summed E-state index contributed by atoms with van der Waals surface area (Å²) < 4.78 is 5.86. The number of benzene rings is 2. The Hall–Kier alpha value is -1.16. The fraction of sp³-hybridized carbons (Fsp3) is 0.200. The Morgan fingerprint density at radius 2 is 1.84 bits per heavy atom. The van der Waals surface area contributed by atoms with Gasteiger partial charge in [-0.15, -0.1) is 0 Å². The molecule has 1 unspecified atom stereocenters. The molecule has 4 heteroatoms. The van der Waals surface area contributed by atoms with Crippen LogP contribution in [0.1, 0.15) is 18.4 Å². The molecule has 1 N–H and O–H groups in total. The predicted molar refractivity (Wildman–Crippen MR) is 77.6 cm³/mol. The van der Waals surface area contributed by atoms with Gasteiger partial charge in [-0.1, -0.05) is 36.4 Å². The molecule has 2 aromatic carbocycles. The average molecular weight is 293 g/mol. The molecule has 3 rings (SSSR count). The minimum atomic E-state index is 0.131. The molecule has 0 saturated carbocycles. The Kier molecular flexibility index (Phi) is 3.44. The lowest BCUT2D eigenvalue weighted by Crippen LogP contribution is -2.01. The van der Waals surface area contributed by atoms with E-state index in [1.165, 1.54) is 0 Å². The number of hydrogen-bond donors (Lipinski definition) is 1. The van der Waals surface area contributed by atoms with Crippen molar-refractivity contribution in [1.82, 2.24) is 0 Å². The zero-order chi connectivity index (χ0) is 13.4. The van der Waals surface area contributed by atoms with Crippen LogP contribution in [0.2, 0.25) is 5.02 Å². The minimum Gasteiger partial charge on any atom is -0.455 e. The summed E-state index contributed by atoms with van der Waals surface area (Å²) in [6, 6.07) is 11.7. The average Bonchev–Trinajstić information content (AvgIpc) is 2.43. The largest absolute Gasteiger partial charge is 0.455 e. The van der Waals surface area contributed by atoms with Gasteiger partial charge in [-0.2, -0.15) is 0 Å². The molecule has 19 heavy (non-hydrogen) atoms. The summed E-state index contributed by atoms with van der Waals surface area (Å²) in [4.78, 5) is 2.08. The van der Waals surface area contributed by atoms with Gasteiger partial charge in [0.2, 0.25) is 0 Å². The minimum absolute atomic E-state index is 0.131. The van der Waals surface area contributed by atoms with Crippen molar-refractivity contribution in [3.05, 3.63) is 47.0 Å². The molecule has 0 aliphatic carbocycles. The summed E-state index contributed by atoms with van der Waals surface area (Å²) in [5.41, 5.74) is 1.11. The predicted octanol–water partition coefficient (Wildman–Crippen LogP) is 4.69.